The molecule has 1 fully saturated rings. The Morgan fingerprint density at radius 3 is 2.44 bits per heavy atom. The highest BCUT2D eigenvalue weighted by Gasteiger charge is 2.24. The summed E-state index contributed by atoms with van der Waals surface area (Å²) in [6.45, 7) is 0.229. The Morgan fingerprint density at radius 2 is 1.94 bits per heavy atom. The molecule has 1 N–H and O–H groups in total. The van der Waals surface area contributed by atoms with Crippen molar-refractivity contribution in [2.75, 3.05) is 0 Å². The molecule has 1 heterocycles. The quantitative estimate of drug-likeness (QED) is 0.827. The van der Waals surface area contributed by atoms with Crippen molar-refractivity contribution in [2.24, 2.45) is 0 Å². The molecule has 92 valence electrons. The predicted octanol–water partition coefficient (Wildman–Crippen LogP) is 2.75. The van der Waals surface area contributed by atoms with Crippen molar-refractivity contribution in [1.29, 1.82) is 5.26 Å². The summed E-state index contributed by atoms with van der Waals surface area (Å²) in [5.41, 5.74) is 2.12. The largest absolute Gasteiger partial charge is 0.481 e. The van der Waals surface area contributed by atoms with Gasteiger partial charge in [0.15, 0.2) is 0 Å². The summed E-state index contributed by atoms with van der Waals surface area (Å²) < 4.78 is 0. The van der Waals surface area contributed by atoms with Gasteiger partial charge in [-0.25, -0.2) is 5.26 Å². The third-order valence-electron chi connectivity index (χ3n) is 3.72. The summed E-state index contributed by atoms with van der Waals surface area (Å²) in [7, 11) is 0. The van der Waals surface area contributed by atoms with Crippen LogP contribution in [-0.4, -0.2) is 17.8 Å². The van der Waals surface area contributed by atoms with Crippen molar-refractivity contribution < 1.29 is 9.90 Å². The summed E-state index contributed by atoms with van der Waals surface area (Å²) in [4.78, 5) is 10.6. The minimum absolute atomic E-state index is 0.0848. The number of nitriles is 1. The molecule has 0 atom stereocenters. The second-order valence-electron chi connectivity index (χ2n) is 4.99. The van der Waals surface area contributed by atoms with Gasteiger partial charge in [0.05, 0.1) is 6.42 Å². The lowest BCUT2D eigenvalue weighted by atomic mass is 9.41. The van der Waals surface area contributed by atoms with E-state index < -0.39 is 5.97 Å². The van der Waals surface area contributed by atoms with E-state index in [9.17, 15) is 4.79 Å². The molecule has 0 unspecified atom stereocenters. The van der Waals surface area contributed by atoms with E-state index >= 15 is 0 Å². The van der Waals surface area contributed by atoms with E-state index in [1.165, 1.54) is 5.56 Å². The average Bonchev–Trinajstić information content (AvgIpc) is 2.39. The first-order valence-electron chi connectivity index (χ1n) is 6.39. The van der Waals surface area contributed by atoms with E-state index in [-0.39, 0.29) is 13.1 Å². The summed E-state index contributed by atoms with van der Waals surface area (Å²) in [6, 6.07) is 7.88. The Morgan fingerprint density at radius 1 is 1.33 bits per heavy atom. The number of aliphatic carboxylic acids is 1. The van der Waals surface area contributed by atoms with Crippen LogP contribution in [0, 0.1) is 11.2 Å². The topological polar surface area (TPSA) is 61.1 Å². The van der Waals surface area contributed by atoms with E-state index in [0.29, 0.717) is 5.92 Å². The predicted molar refractivity (Wildman–Crippen MR) is 70.7 cm³/mol. The number of nitrogens with zero attached hydrogens (tertiary/aromatic N) is 1. The maximum atomic E-state index is 10.6. The van der Waals surface area contributed by atoms with Crippen molar-refractivity contribution in [1.82, 2.24) is 0 Å². The van der Waals surface area contributed by atoms with Gasteiger partial charge in [-0.15, -0.1) is 0 Å². The van der Waals surface area contributed by atoms with Crippen LogP contribution < -0.4 is 0 Å². The fraction of sp³-hybridized carbons (Fsp3) is 0.429. The molecule has 0 amide bonds. The van der Waals surface area contributed by atoms with Crippen molar-refractivity contribution in [2.45, 2.75) is 37.8 Å². The highest BCUT2D eigenvalue weighted by atomic mass is 16.4. The molecule has 18 heavy (non-hydrogen) atoms. The Kier molecular flexibility index (Phi) is 4.04. The van der Waals surface area contributed by atoms with Crippen LogP contribution in [0.4, 0.5) is 0 Å². The molecule has 0 saturated carbocycles. The molecule has 1 aliphatic heterocycles. The van der Waals surface area contributed by atoms with Crippen molar-refractivity contribution in [3.63, 3.8) is 0 Å². The Bertz CT molecular complexity index is 456. The zero-order chi connectivity index (χ0) is 13.0. The monoisotopic (exact) mass is 241 g/mol. The van der Waals surface area contributed by atoms with Crippen LogP contribution in [0.2, 0.25) is 12.6 Å². The van der Waals surface area contributed by atoms with Gasteiger partial charge in [-0.05, 0) is 17.0 Å². The lowest BCUT2D eigenvalue weighted by Crippen LogP contribution is -2.18. The number of carboxylic acids is 1. The highest BCUT2D eigenvalue weighted by Crippen LogP contribution is 2.33. The van der Waals surface area contributed by atoms with Crippen LogP contribution in [-0.2, 0) is 11.2 Å². The minimum Gasteiger partial charge on any atom is -0.481 e. The summed E-state index contributed by atoms with van der Waals surface area (Å²) in [6.07, 6.45) is 4.19. The molecule has 0 radical (unpaired) electrons. The lowest BCUT2D eigenvalue weighted by molar-refractivity contribution is -0.136. The van der Waals surface area contributed by atoms with Gasteiger partial charge in [0.2, 0.25) is 0 Å². The van der Waals surface area contributed by atoms with Gasteiger partial charge in [0.1, 0.15) is 0 Å². The van der Waals surface area contributed by atoms with Crippen molar-refractivity contribution in [3.8, 4) is 5.97 Å². The molecule has 1 aliphatic rings. The number of hydrogen-bond donors (Lipinski definition) is 1. The zero-order valence-corrected chi connectivity index (χ0v) is 10.3. The fourth-order valence-corrected chi connectivity index (χ4v) is 2.64. The van der Waals surface area contributed by atoms with Gasteiger partial charge < -0.3 is 5.11 Å². The van der Waals surface area contributed by atoms with E-state index in [4.69, 9.17) is 10.4 Å². The average molecular weight is 241 g/mol. The first-order valence-corrected chi connectivity index (χ1v) is 6.39. The summed E-state index contributed by atoms with van der Waals surface area (Å²) in [5.74, 6) is 2.08. The molecule has 0 aliphatic carbocycles. The molecule has 0 spiro atoms. The normalized spacial score (nSPS) is 16.3. The number of rotatable bonds is 3. The molecular formula is C14H16BNO2. The summed E-state index contributed by atoms with van der Waals surface area (Å²) >= 11 is 0. The van der Waals surface area contributed by atoms with E-state index in [1.807, 2.05) is 24.3 Å². The van der Waals surface area contributed by atoms with E-state index in [1.54, 1.807) is 0 Å². The van der Waals surface area contributed by atoms with Gasteiger partial charge in [-0.1, -0.05) is 49.7 Å². The molecule has 2 rings (SSSR count). The third kappa shape index (κ3) is 3.13. The number of hydrogen-bond acceptors (Lipinski definition) is 2. The third-order valence-corrected chi connectivity index (χ3v) is 3.72. The van der Waals surface area contributed by atoms with E-state index in [2.05, 4.69) is 5.97 Å². The molecule has 0 aromatic heterocycles. The standard InChI is InChI=1S/C14H16BNO2/c16-10-15-7-5-13(6-8-15)12-3-1-11(2-4-12)9-14(17)18/h1-4,13H,5-9H2,(H,17,18). The van der Waals surface area contributed by atoms with Gasteiger partial charge in [-0.3, -0.25) is 4.79 Å². The molecular weight excluding hydrogens is 225 g/mol. The SMILES string of the molecule is N#CB1CCC(c2ccc(CC(=O)O)cc2)CC1. The first-order chi connectivity index (χ1) is 8.69. The smallest absolute Gasteiger partial charge is 0.307 e. The van der Waals surface area contributed by atoms with Gasteiger partial charge >= 0.3 is 5.97 Å². The van der Waals surface area contributed by atoms with Crippen molar-refractivity contribution >= 4 is 12.7 Å². The fourth-order valence-electron chi connectivity index (χ4n) is 2.64. The maximum Gasteiger partial charge on any atom is 0.307 e. The van der Waals surface area contributed by atoms with Crippen LogP contribution >= 0.6 is 0 Å². The Hall–Kier alpha value is -1.76. The van der Waals surface area contributed by atoms with Crippen LogP contribution in [0.15, 0.2) is 24.3 Å². The second kappa shape index (κ2) is 5.73. The van der Waals surface area contributed by atoms with Crippen molar-refractivity contribution in [3.05, 3.63) is 35.4 Å². The number of benzene rings is 1. The highest BCUT2D eigenvalue weighted by molar-refractivity contribution is 6.67. The van der Waals surface area contributed by atoms with Crippen LogP contribution in [0.3, 0.4) is 0 Å². The molecule has 1 saturated heterocycles. The summed E-state index contributed by atoms with van der Waals surface area (Å²) in [5, 5.41) is 17.6. The number of carbonyl (C=O) groups is 1. The Labute approximate surface area is 108 Å². The molecule has 0 bridgehead atoms. The minimum atomic E-state index is -0.794. The molecule has 1 aromatic rings. The first kappa shape index (κ1) is 12.7. The van der Waals surface area contributed by atoms with Crippen LogP contribution in [0.5, 0.6) is 0 Å². The van der Waals surface area contributed by atoms with Gasteiger partial charge in [0.25, 0.3) is 6.71 Å². The second-order valence-corrected chi connectivity index (χ2v) is 4.99. The Balaban J connectivity index is 1.98. The van der Waals surface area contributed by atoms with Gasteiger partial charge in [-0.2, -0.15) is 0 Å². The van der Waals surface area contributed by atoms with Crippen LogP contribution in [0.1, 0.15) is 29.9 Å². The zero-order valence-electron chi connectivity index (χ0n) is 10.3. The van der Waals surface area contributed by atoms with E-state index in [0.717, 1.165) is 31.0 Å². The molecule has 1 aromatic carbocycles. The maximum absolute atomic E-state index is 10.6. The molecule has 4 heteroatoms. The lowest BCUT2D eigenvalue weighted by Gasteiger charge is -2.23. The number of carboxylic acid groups (broad SMARTS) is 1. The molecule has 3 nitrogen and oxygen atoms in total. The van der Waals surface area contributed by atoms with Crippen LogP contribution in [0.25, 0.3) is 0 Å². The van der Waals surface area contributed by atoms with Gasteiger partial charge in [0, 0.05) is 5.97 Å².